The minimum Gasteiger partial charge on any atom is -0.470 e. The van der Waals surface area contributed by atoms with Crippen molar-refractivity contribution in [2.45, 2.75) is 31.8 Å². The maximum Gasteiger partial charge on any atom is 0.127 e. The molecule has 1 heterocycles. The molecule has 0 fully saturated rings. The van der Waals surface area contributed by atoms with E-state index in [9.17, 15) is 0 Å². The molecule has 0 saturated heterocycles. The Balaban J connectivity index is 2.36. The van der Waals surface area contributed by atoms with Crippen LogP contribution in [0.25, 0.3) is 0 Å². The van der Waals surface area contributed by atoms with Gasteiger partial charge < -0.3 is 4.42 Å². The minimum absolute atomic E-state index is 0.451. The first-order chi connectivity index (χ1) is 5.64. The van der Waals surface area contributed by atoms with E-state index in [2.05, 4.69) is 21.7 Å². The third kappa shape index (κ3) is 2.80. The molecule has 1 aromatic heterocycles. The van der Waals surface area contributed by atoms with E-state index in [0.717, 1.165) is 12.1 Å². The van der Waals surface area contributed by atoms with Crippen LogP contribution in [0.1, 0.15) is 26.0 Å². The standard InChI is InChI=1S/C9H16B2O/c1-3-9(2,10)11-7-8-5-4-6-12-8/h4-6,11H,3,7,10H2,1-2H3. The van der Waals surface area contributed by atoms with Crippen molar-refractivity contribution in [2.24, 2.45) is 0 Å². The number of hydrogen-bond acceptors (Lipinski definition) is 1. The third-order valence-corrected chi connectivity index (χ3v) is 2.59. The molecule has 64 valence electrons. The van der Waals surface area contributed by atoms with Crippen LogP contribution in [0.3, 0.4) is 0 Å². The second-order valence-corrected chi connectivity index (χ2v) is 4.10. The molecule has 0 amide bonds. The zero-order chi connectivity index (χ0) is 9.03. The van der Waals surface area contributed by atoms with Gasteiger partial charge in [-0.2, -0.15) is 0 Å². The highest BCUT2D eigenvalue weighted by Crippen LogP contribution is 2.23. The van der Waals surface area contributed by atoms with Crippen LogP contribution in [0.5, 0.6) is 0 Å². The molecule has 0 bridgehead atoms. The largest absolute Gasteiger partial charge is 0.470 e. The summed E-state index contributed by atoms with van der Waals surface area (Å²) in [6.45, 7) is 4.54. The van der Waals surface area contributed by atoms with Crippen molar-refractivity contribution in [3.05, 3.63) is 24.2 Å². The summed E-state index contributed by atoms with van der Waals surface area (Å²) in [6, 6.07) is 4.00. The van der Waals surface area contributed by atoms with Gasteiger partial charge in [0.05, 0.1) is 19.9 Å². The quantitative estimate of drug-likeness (QED) is 0.609. The van der Waals surface area contributed by atoms with Crippen molar-refractivity contribution < 1.29 is 4.42 Å². The van der Waals surface area contributed by atoms with Crippen molar-refractivity contribution in [3.63, 3.8) is 0 Å². The Morgan fingerprint density at radius 2 is 2.42 bits per heavy atom. The lowest BCUT2D eigenvalue weighted by molar-refractivity contribution is 0.527. The summed E-state index contributed by atoms with van der Waals surface area (Å²) in [6.07, 6.45) is 4.04. The molecule has 1 unspecified atom stereocenters. The lowest BCUT2D eigenvalue weighted by atomic mass is 9.41. The van der Waals surface area contributed by atoms with Crippen molar-refractivity contribution in [1.82, 2.24) is 0 Å². The van der Waals surface area contributed by atoms with Crippen LogP contribution in [0.4, 0.5) is 0 Å². The fourth-order valence-electron chi connectivity index (χ4n) is 1.09. The summed E-state index contributed by atoms with van der Waals surface area (Å²) in [5, 5.41) is 0.451. The summed E-state index contributed by atoms with van der Waals surface area (Å²) in [7, 11) is 3.51. The molecular weight excluding hydrogens is 146 g/mol. The Kier molecular flexibility index (Phi) is 3.07. The Labute approximate surface area is 76.2 Å². The van der Waals surface area contributed by atoms with Crippen LogP contribution in [0, 0.1) is 0 Å². The van der Waals surface area contributed by atoms with Gasteiger partial charge in [-0.3, -0.25) is 0 Å². The summed E-state index contributed by atoms with van der Waals surface area (Å²) in [4.78, 5) is 0. The Morgan fingerprint density at radius 3 is 2.92 bits per heavy atom. The lowest BCUT2D eigenvalue weighted by Crippen LogP contribution is -2.18. The van der Waals surface area contributed by atoms with Gasteiger partial charge in [0.1, 0.15) is 7.28 Å². The minimum atomic E-state index is 0.451. The maximum atomic E-state index is 5.27. The third-order valence-electron chi connectivity index (χ3n) is 2.59. The van der Waals surface area contributed by atoms with Gasteiger partial charge in [0.2, 0.25) is 0 Å². The summed E-state index contributed by atoms with van der Waals surface area (Å²) in [5.41, 5.74) is 0. The number of furan rings is 1. The topological polar surface area (TPSA) is 13.1 Å². The van der Waals surface area contributed by atoms with Crippen molar-refractivity contribution in [2.75, 3.05) is 0 Å². The second kappa shape index (κ2) is 3.88. The lowest BCUT2D eigenvalue weighted by Gasteiger charge is -2.19. The molecule has 0 spiro atoms. The van der Waals surface area contributed by atoms with E-state index in [4.69, 9.17) is 4.42 Å². The molecule has 0 aromatic carbocycles. The van der Waals surface area contributed by atoms with Crippen LogP contribution in [0.2, 0.25) is 5.21 Å². The number of hydrogen-bond donors (Lipinski definition) is 0. The SMILES string of the molecule is BC(C)(BCc1ccco1)CC. The molecule has 1 nitrogen and oxygen atoms in total. The van der Waals surface area contributed by atoms with E-state index < -0.39 is 0 Å². The van der Waals surface area contributed by atoms with E-state index in [1.54, 1.807) is 6.26 Å². The second-order valence-electron chi connectivity index (χ2n) is 4.10. The normalized spacial score (nSPS) is 15.5. The molecule has 1 rings (SSSR count). The molecule has 12 heavy (non-hydrogen) atoms. The Hall–Kier alpha value is -0.590. The average molecular weight is 162 g/mol. The molecule has 0 aliphatic carbocycles. The van der Waals surface area contributed by atoms with Gasteiger partial charge in [0, 0.05) is 0 Å². The fraction of sp³-hybridized carbons (Fsp3) is 0.556. The van der Waals surface area contributed by atoms with Crippen LogP contribution in [0.15, 0.2) is 22.8 Å². The molecule has 0 N–H and O–H groups in total. The van der Waals surface area contributed by atoms with Gasteiger partial charge >= 0.3 is 0 Å². The van der Waals surface area contributed by atoms with Gasteiger partial charge in [-0.15, -0.1) is 0 Å². The summed E-state index contributed by atoms with van der Waals surface area (Å²) in [5.74, 6) is 1.11. The zero-order valence-electron chi connectivity index (χ0n) is 8.26. The van der Waals surface area contributed by atoms with Gasteiger partial charge in [-0.1, -0.05) is 25.5 Å². The molecule has 0 aliphatic rings. The fourth-order valence-corrected chi connectivity index (χ4v) is 1.09. The van der Waals surface area contributed by atoms with Crippen molar-refractivity contribution in [1.29, 1.82) is 0 Å². The highest BCUT2D eigenvalue weighted by Gasteiger charge is 2.17. The first-order valence-electron chi connectivity index (χ1n) is 4.66. The smallest absolute Gasteiger partial charge is 0.127 e. The van der Waals surface area contributed by atoms with Crippen molar-refractivity contribution in [3.8, 4) is 0 Å². The number of rotatable bonds is 4. The van der Waals surface area contributed by atoms with E-state index in [1.807, 2.05) is 12.1 Å². The molecule has 3 heteroatoms. The summed E-state index contributed by atoms with van der Waals surface area (Å²) >= 11 is 0. The van der Waals surface area contributed by atoms with Gasteiger partial charge in [0.25, 0.3) is 0 Å². The zero-order valence-corrected chi connectivity index (χ0v) is 8.26. The predicted octanol–water partition coefficient (Wildman–Crippen LogP) is 1.40. The van der Waals surface area contributed by atoms with Gasteiger partial charge in [-0.25, -0.2) is 0 Å². The van der Waals surface area contributed by atoms with Gasteiger partial charge in [-0.05, 0) is 18.5 Å². The van der Waals surface area contributed by atoms with E-state index >= 15 is 0 Å². The Morgan fingerprint density at radius 1 is 1.67 bits per heavy atom. The molecule has 1 atom stereocenters. The van der Waals surface area contributed by atoms with Crippen LogP contribution < -0.4 is 0 Å². The molecule has 0 radical (unpaired) electrons. The van der Waals surface area contributed by atoms with Crippen LogP contribution >= 0.6 is 0 Å². The maximum absolute atomic E-state index is 5.27. The monoisotopic (exact) mass is 162 g/mol. The van der Waals surface area contributed by atoms with E-state index in [1.165, 1.54) is 13.7 Å². The first kappa shape index (κ1) is 9.50. The van der Waals surface area contributed by atoms with Crippen molar-refractivity contribution >= 4 is 15.1 Å². The first-order valence-corrected chi connectivity index (χ1v) is 4.66. The van der Waals surface area contributed by atoms with Gasteiger partial charge in [0.15, 0.2) is 0 Å². The highest BCUT2D eigenvalue weighted by atomic mass is 16.3. The molecule has 0 aliphatic heterocycles. The predicted molar refractivity (Wildman–Crippen MR) is 56.8 cm³/mol. The molecule has 0 saturated carbocycles. The highest BCUT2D eigenvalue weighted by molar-refractivity contribution is 6.53. The molecule has 1 aromatic rings. The molecular formula is C9H16B2O. The Bertz CT molecular complexity index is 216. The van der Waals surface area contributed by atoms with E-state index in [0.29, 0.717) is 5.21 Å². The summed E-state index contributed by atoms with van der Waals surface area (Å²) < 4.78 is 5.27. The van der Waals surface area contributed by atoms with Crippen LogP contribution in [-0.2, 0) is 6.32 Å². The van der Waals surface area contributed by atoms with E-state index in [-0.39, 0.29) is 0 Å². The average Bonchev–Trinajstić information content (AvgIpc) is 2.53. The van der Waals surface area contributed by atoms with Crippen LogP contribution in [-0.4, -0.2) is 15.1 Å².